The first-order valence-corrected chi connectivity index (χ1v) is 7.83. The van der Waals surface area contributed by atoms with Crippen LogP contribution < -0.4 is 14.8 Å². The summed E-state index contributed by atoms with van der Waals surface area (Å²) in [6.07, 6.45) is 1.58. The van der Waals surface area contributed by atoms with Crippen LogP contribution in [0.3, 0.4) is 0 Å². The van der Waals surface area contributed by atoms with Gasteiger partial charge in [0.25, 0.3) is 0 Å². The van der Waals surface area contributed by atoms with Crippen LogP contribution in [-0.2, 0) is 0 Å². The Balaban J connectivity index is 2.16. The van der Waals surface area contributed by atoms with E-state index in [0.717, 1.165) is 27.2 Å². The van der Waals surface area contributed by atoms with Gasteiger partial charge in [-0.25, -0.2) is 4.98 Å². The van der Waals surface area contributed by atoms with E-state index in [9.17, 15) is 0 Å². The Hall–Kier alpha value is -1.31. The summed E-state index contributed by atoms with van der Waals surface area (Å²) in [4.78, 5) is 4.18. The maximum atomic E-state index is 5.43. The van der Waals surface area contributed by atoms with Crippen LogP contribution in [0.25, 0.3) is 0 Å². The van der Waals surface area contributed by atoms with Crippen molar-refractivity contribution in [3.8, 4) is 11.5 Å². The van der Waals surface area contributed by atoms with Crippen molar-refractivity contribution in [2.45, 2.75) is 10.4 Å². The van der Waals surface area contributed by atoms with E-state index >= 15 is 0 Å². The molecule has 0 saturated carbocycles. The maximum absolute atomic E-state index is 5.43. The van der Waals surface area contributed by atoms with Gasteiger partial charge in [0.15, 0.2) is 4.34 Å². The Morgan fingerprint density at radius 3 is 2.80 bits per heavy atom. The normalized spacial score (nSPS) is 12.2. The van der Waals surface area contributed by atoms with Gasteiger partial charge in [0.1, 0.15) is 17.8 Å². The molecule has 0 fully saturated rings. The van der Waals surface area contributed by atoms with Crippen LogP contribution in [0, 0.1) is 0 Å². The van der Waals surface area contributed by atoms with E-state index in [1.807, 2.05) is 25.2 Å². The summed E-state index contributed by atoms with van der Waals surface area (Å²) in [6, 6.07) is 5.97. The molecule has 0 aliphatic heterocycles. The second kappa shape index (κ2) is 7.47. The predicted molar refractivity (Wildman–Crippen MR) is 82.0 cm³/mol. The van der Waals surface area contributed by atoms with Gasteiger partial charge in [0.2, 0.25) is 0 Å². The lowest BCUT2D eigenvalue weighted by atomic mass is 10.1. The first kappa shape index (κ1) is 15.1. The highest BCUT2D eigenvalue weighted by Gasteiger charge is 2.16. The van der Waals surface area contributed by atoms with Gasteiger partial charge in [0.05, 0.1) is 14.2 Å². The molecule has 0 radical (unpaired) electrons. The molecule has 0 amide bonds. The standard InChI is InChI=1S/C13H17N3O2S2/c1-14-11(7-19-13-15-8-16-20-13)10-6-9(17-2)4-5-12(10)18-3/h4-6,8,11,14H,7H2,1-3H3. The van der Waals surface area contributed by atoms with E-state index in [-0.39, 0.29) is 6.04 Å². The fourth-order valence-corrected chi connectivity index (χ4v) is 3.42. The molecule has 2 aromatic rings. The summed E-state index contributed by atoms with van der Waals surface area (Å²) in [6.45, 7) is 0. The minimum Gasteiger partial charge on any atom is -0.497 e. The minimum absolute atomic E-state index is 0.147. The second-order valence-electron chi connectivity index (χ2n) is 3.97. The SMILES string of the molecule is CNC(CSc1ncns1)c1cc(OC)ccc1OC. The third-order valence-electron chi connectivity index (χ3n) is 2.88. The van der Waals surface area contributed by atoms with Crippen molar-refractivity contribution in [2.24, 2.45) is 0 Å². The molecule has 0 aliphatic rings. The summed E-state index contributed by atoms with van der Waals surface area (Å²) in [5, 5.41) is 3.31. The third kappa shape index (κ3) is 3.62. The number of rotatable bonds is 7. The molecule has 2 rings (SSSR count). The summed E-state index contributed by atoms with van der Waals surface area (Å²) < 4.78 is 15.7. The van der Waals surface area contributed by atoms with Gasteiger partial charge < -0.3 is 14.8 Å². The molecule has 108 valence electrons. The number of hydrogen-bond acceptors (Lipinski definition) is 7. The largest absolute Gasteiger partial charge is 0.497 e. The predicted octanol–water partition coefficient (Wildman–Crippen LogP) is 2.61. The van der Waals surface area contributed by atoms with Gasteiger partial charge in [-0.05, 0) is 36.8 Å². The number of benzene rings is 1. The molecule has 1 unspecified atom stereocenters. The zero-order valence-corrected chi connectivity index (χ0v) is 13.3. The van der Waals surface area contributed by atoms with Crippen LogP contribution in [-0.4, -0.2) is 36.4 Å². The lowest BCUT2D eigenvalue weighted by Gasteiger charge is -2.19. The highest BCUT2D eigenvalue weighted by molar-refractivity contribution is 8.00. The van der Waals surface area contributed by atoms with Crippen molar-refractivity contribution in [1.29, 1.82) is 0 Å². The number of nitrogens with one attached hydrogen (secondary N) is 1. The lowest BCUT2D eigenvalue weighted by molar-refractivity contribution is 0.394. The molecule has 0 aliphatic carbocycles. The van der Waals surface area contributed by atoms with Crippen molar-refractivity contribution < 1.29 is 9.47 Å². The minimum atomic E-state index is 0.147. The first-order valence-electron chi connectivity index (χ1n) is 6.07. The van der Waals surface area contributed by atoms with E-state index in [4.69, 9.17) is 9.47 Å². The highest BCUT2D eigenvalue weighted by atomic mass is 32.2. The third-order valence-corrected chi connectivity index (χ3v) is 4.77. The molecular weight excluding hydrogens is 294 g/mol. The topological polar surface area (TPSA) is 56.3 Å². The van der Waals surface area contributed by atoms with Crippen LogP contribution in [0.15, 0.2) is 28.9 Å². The number of thioether (sulfide) groups is 1. The summed E-state index contributed by atoms with van der Waals surface area (Å²) in [5.41, 5.74) is 1.08. The monoisotopic (exact) mass is 311 g/mol. The van der Waals surface area contributed by atoms with Crippen molar-refractivity contribution >= 4 is 23.3 Å². The van der Waals surface area contributed by atoms with Crippen molar-refractivity contribution in [3.63, 3.8) is 0 Å². The molecule has 0 saturated heterocycles. The number of ether oxygens (including phenoxy) is 2. The quantitative estimate of drug-likeness (QED) is 0.793. The molecule has 1 aromatic carbocycles. The number of aromatic nitrogens is 2. The average molecular weight is 311 g/mol. The van der Waals surface area contributed by atoms with Crippen LogP contribution in [0.4, 0.5) is 0 Å². The summed E-state index contributed by atoms with van der Waals surface area (Å²) in [5.74, 6) is 2.51. The van der Waals surface area contributed by atoms with Gasteiger partial charge in [-0.3, -0.25) is 0 Å². The van der Waals surface area contributed by atoms with Crippen molar-refractivity contribution in [1.82, 2.24) is 14.7 Å². The Morgan fingerprint density at radius 1 is 1.35 bits per heavy atom. The molecule has 20 heavy (non-hydrogen) atoms. The van der Waals surface area contributed by atoms with Crippen LogP contribution in [0.5, 0.6) is 11.5 Å². The Morgan fingerprint density at radius 2 is 2.20 bits per heavy atom. The van der Waals surface area contributed by atoms with Gasteiger partial charge in [-0.2, -0.15) is 4.37 Å². The summed E-state index contributed by atoms with van der Waals surface area (Å²) in [7, 11) is 5.27. The van der Waals surface area contributed by atoms with Crippen LogP contribution >= 0.6 is 23.3 Å². The van der Waals surface area contributed by atoms with Gasteiger partial charge in [-0.1, -0.05) is 11.8 Å². The second-order valence-corrected chi connectivity index (χ2v) is 6.01. The Bertz CT molecular complexity index is 534. The smallest absolute Gasteiger partial charge is 0.169 e. The van der Waals surface area contributed by atoms with E-state index < -0.39 is 0 Å². The van der Waals surface area contributed by atoms with E-state index in [1.165, 1.54) is 11.5 Å². The van der Waals surface area contributed by atoms with Crippen LogP contribution in [0.1, 0.15) is 11.6 Å². The molecule has 1 aromatic heterocycles. The van der Waals surface area contributed by atoms with Crippen LogP contribution in [0.2, 0.25) is 0 Å². The van der Waals surface area contributed by atoms with Gasteiger partial charge >= 0.3 is 0 Å². The maximum Gasteiger partial charge on any atom is 0.169 e. The highest BCUT2D eigenvalue weighted by Crippen LogP contribution is 2.32. The molecule has 0 spiro atoms. The molecule has 7 heteroatoms. The average Bonchev–Trinajstić information content (AvgIpc) is 3.01. The summed E-state index contributed by atoms with van der Waals surface area (Å²) >= 11 is 3.08. The van der Waals surface area contributed by atoms with Crippen molar-refractivity contribution in [3.05, 3.63) is 30.1 Å². The number of hydrogen-bond donors (Lipinski definition) is 1. The van der Waals surface area contributed by atoms with E-state index in [0.29, 0.717) is 0 Å². The zero-order valence-electron chi connectivity index (χ0n) is 11.6. The zero-order chi connectivity index (χ0) is 14.4. The Labute approximate surface area is 126 Å². The molecule has 1 atom stereocenters. The van der Waals surface area contributed by atoms with Gasteiger partial charge in [0, 0.05) is 17.4 Å². The lowest BCUT2D eigenvalue weighted by Crippen LogP contribution is -2.19. The fraction of sp³-hybridized carbons (Fsp3) is 0.385. The molecule has 1 heterocycles. The van der Waals surface area contributed by atoms with E-state index in [1.54, 1.807) is 32.3 Å². The first-order chi connectivity index (χ1) is 9.78. The molecule has 0 bridgehead atoms. The van der Waals surface area contributed by atoms with Crippen molar-refractivity contribution in [2.75, 3.05) is 27.0 Å². The fourth-order valence-electron chi connectivity index (χ4n) is 1.82. The molecular formula is C13H17N3O2S2. The molecule has 5 nitrogen and oxygen atoms in total. The number of methoxy groups -OCH3 is 2. The number of nitrogens with zero attached hydrogens (tertiary/aromatic N) is 2. The Kier molecular flexibility index (Phi) is 5.63. The molecule has 1 N–H and O–H groups in total. The van der Waals surface area contributed by atoms with E-state index in [2.05, 4.69) is 14.7 Å². The van der Waals surface area contributed by atoms with Gasteiger partial charge in [-0.15, -0.1) is 0 Å².